The number of benzene rings is 4. The van der Waals surface area contributed by atoms with Crippen LogP contribution in [-0.2, 0) is 41.9 Å². The first kappa shape index (κ1) is 51.9. The number of sulfonamides is 1. The Morgan fingerprint density at radius 3 is 1.81 bits per heavy atom. The second kappa shape index (κ2) is 21.6. The van der Waals surface area contributed by atoms with Crippen LogP contribution in [0.2, 0.25) is 0 Å². The van der Waals surface area contributed by atoms with Crippen molar-refractivity contribution in [3.8, 4) is 35.2 Å². The molecule has 4 aromatic rings. The van der Waals surface area contributed by atoms with Crippen molar-refractivity contribution in [2.24, 2.45) is 0 Å². The highest BCUT2D eigenvalue weighted by atomic mass is 32.2. The van der Waals surface area contributed by atoms with E-state index in [1.807, 2.05) is 12.1 Å². The SMILES string of the molecule is COC(=O)N[C@](C#Cc1ccc(C(=O)O)cc1)(CN1CCc2ccc(OC)cc2C1=O)C(=O)OC.COc1ccc2c(c1)C(=O)N(C[C@@]1(C#Cc3ccc(C(=O)NS(=O)(=O)C4CC4)cc3)NC(=O)NC1=O)CC2. The first-order valence-corrected chi connectivity index (χ1v) is 23.9. The zero-order valence-electron chi connectivity index (χ0n) is 39.8. The lowest BCUT2D eigenvalue weighted by molar-refractivity contribution is -0.146. The first-order chi connectivity index (χ1) is 34.8. The van der Waals surface area contributed by atoms with Crippen molar-refractivity contribution in [3.63, 3.8) is 0 Å². The number of carbonyl (C=O) groups is 8. The van der Waals surface area contributed by atoms with Crippen molar-refractivity contribution in [3.05, 3.63) is 129 Å². The Morgan fingerprint density at radius 1 is 0.753 bits per heavy atom. The number of hydrogen-bond donors (Lipinski definition) is 5. The van der Waals surface area contributed by atoms with Crippen LogP contribution in [0.5, 0.6) is 11.5 Å². The Labute approximate surface area is 418 Å². The summed E-state index contributed by atoms with van der Waals surface area (Å²) >= 11 is 0. The zero-order chi connectivity index (χ0) is 52.7. The molecule has 73 heavy (non-hydrogen) atoms. The maximum Gasteiger partial charge on any atom is 0.408 e. The molecule has 7 amide bonds. The predicted molar refractivity (Wildman–Crippen MR) is 258 cm³/mol. The number of methoxy groups -OCH3 is 4. The fraction of sp³-hybridized carbons (Fsp3) is 0.294. The molecule has 1 saturated carbocycles. The number of esters is 1. The average molecular weight is 1020 g/mol. The molecule has 4 aliphatic rings. The number of carboxylic acid groups (broad SMARTS) is 1. The van der Waals surface area contributed by atoms with Gasteiger partial charge in [0.05, 0.1) is 52.3 Å². The molecule has 3 aliphatic heterocycles. The highest BCUT2D eigenvalue weighted by molar-refractivity contribution is 7.91. The van der Waals surface area contributed by atoms with E-state index in [1.165, 1.54) is 72.6 Å². The predicted octanol–water partition coefficient (Wildman–Crippen LogP) is 2.26. The number of nitrogens with one attached hydrogen (secondary N) is 4. The first-order valence-electron chi connectivity index (χ1n) is 22.4. The highest BCUT2D eigenvalue weighted by Crippen LogP contribution is 2.29. The number of carboxylic acids is 1. The summed E-state index contributed by atoms with van der Waals surface area (Å²) in [6.07, 6.45) is 1.20. The number of aromatic carboxylic acids is 1. The Hall–Kier alpha value is -8.89. The largest absolute Gasteiger partial charge is 0.497 e. The Bertz CT molecular complexity index is 3150. The van der Waals surface area contributed by atoms with Crippen molar-refractivity contribution in [2.75, 3.05) is 54.6 Å². The van der Waals surface area contributed by atoms with Crippen LogP contribution in [-0.4, -0.2) is 142 Å². The van der Waals surface area contributed by atoms with Gasteiger partial charge in [-0.2, -0.15) is 0 Å². The summed E-state index contributed by atoms with van der Waals surface area (Å²) in [6, 6.07) is 21.2. The molecule has 5 N–H and O–H groups in total. The number of hydrogen-bond acceptors (Lipinski definition) is 14. The molecule has 0 bridgehead atoms. The lowest BCUT2D eigenvalue weighted by atomic mass is 9.94. The second-order valence-electron chi connectivity index (χ2n) is 17.0. The summed E-state index contributed by atoms with van der Waals surface area (Å²) in [4.78, 5) is 103. The van der Waals surface area contributed by atoms with Gasteiger partial charge in [-0.05, 0) is 110 Å². The van der Waals surface area contributed by atoms with Gasteiger partial charge in [-0.15, -0.1) is 0 Å². The molecule has 0 radical (unpaired) electrons. The third-order valence-corrected chi connectivity index (χ3v) is 13.9. The minimum Gasteiger partial charge on any atom is -0.497 e. The molecule has 21 nitrogen and oxygen atoms in total. The molecular weight excluding hydrogens is 969 g/mol. The molecule has 1 aliphatic carbocycles. The Morgan fingerprint density at radius 2 is 1.30 bits per heavy atom. The lowest BCUT2D eigenvalue weighted by Gasteiger charge is -2.35. The second-order valence-corrected chi connectivity index (χ2v) is 18.9. The quantitative estimate of drug-likeness (QED) is 0.0773. The van der Waals surface area contributed by atoms with Gasteiger partial charge in [0.1, 0.15) is 11.5 Å². The zero-order valence-corrected chi connectivity index (χ0v) is 40.6. The molecule has 2 fully saturated rings. The number of alkyl carbamates (subject to hydrolysis) is 1. The van der Waals surface area contributed by atoms with Gasteiger partial charge in [-0.1, -0.05) is 35.8 Å². The minimum absolute atomic E-state index is 0.0653. The van der Waals surface area contributed by atoms with Gasteiger partial charge >= 0.3 is 24.1 Å². The molecular formula is C51H48N6O15S. The molecule has 0 aromatic heterocycles. The smallest absolute Gasteiger partial charge is 0.408 e. The van der Waals surface area contributed by atoms with Crippen LogP contribution in [0.3, 0.4) is 0 Å². The topological polar surface area (TPSA) is 282 Å². The van der Waals surface area contributed by atoms with Crippen LogP contribution in [0.25, 0.3) is 0 Å². The normalized spacial score (nSPS) is 17.4. The maximum absolute atomic E-state index is 13.3. The molecule has 0 unspecified atom stereocenters. The van der Waals surface area contributed by atoms with Crippen molar-refractivity contribution >= 4 is 57.7 Å². The van der Waals surface area contributed by atoms with Crippen LogP contribution in [0.4, 0.5) is 9.59 Å². The van der Waals surface area contributed by atoms with Crippen LogP contribution in [0, 0.1) is 23.7 Å². The van der Waals surface area contributed by atoms with Crippen molar-refractivity contribution in [1.29, 1.82) is 0 Å². The van der Waals surface area contributed by atoms with E-state index in [9.17, 15) is 46.8 Å². The number of nitrogens with zero attached hydrogens (tertiary/aromatic N) is 2. The Balaban J connectivity index is 0.000000215. The molecule has 2 atom stereocenters. The number of rotatable bonds is 12. The highest BCUT2D eigenvalue weighted by Gasteiger charge is 2.48. The van der Waals surface area contributed by atoms with E-state index in [2.05, 4.69) is 49.1 Å². The molecule has 22 heteroatoms. The summed E-state index contributed by atoms with van der Waals surface area (Å²) in [7, 11) is 1.59. The summed E-state index contributed by atoms with van der Waals surface area (Å²) in [5.41, 5.74) is -0.0652. The van der Waals surface area contributed by atoms with Gasteiger partial charge in [0, 0.05) is 40.9 Å². The summed E-state index contributed by atoms with van der Waals surface area (Å²) in [5, 5.41) is 15.7. The van der Waals surface area contributed by atoms with Crippen LogP contribution < -0.4 is 30.1 Å². The van der Waals surface area contributed by atoms with E-state index < -0.39 is 62.2 Å². The number of carbonyl (C=O) groups excluding carboxylic acids is 7. The van der Waals surface area contributed by atoms with Crippen LogP contribution in [0.15, 0.2) is 84.9 Å². The van der Waals surface area contributed by atoms with E-state index in [4.69, 9.17) is 19.3 Å². The number of imide groups is 1. The fourth-order valence-electron chi connectivity index (χ4n) is 7.94. The monoisotopic (exact) mass is 1020 g/mol. The Kier molecular flexibility index (Phi) is 15.4. The van der Waals surface area contributed by atoms with Gasteiger partial charge in [0.2, 0.25) is 21.1 Å². The van der Waals surface area contributed by atoms with Crippen molar-refractivity contribution in [2.45, 2.75) is 42.0 Å². The number of fused-ring (bicyclic) bond motifs is 2. The van der Waals surface area contributed by atoms with Gasteiger partial charge in [0.25, 0.3) is 23.6 Å². The van der Waals surface area contributed by atoms with E-state index in [0.29, 0.717) is 66.0 Å². The maximum atomic E-state index is 13.3. The van der Waals surface area contributed by atoms with Gasteiger partial charge in [-0.25, -0.2) is 32.3 Å². The van der Waals surface area contributed by atoms with E-state index in [-0.39, 0.29) is 42.6 Å². The van der Waals surface area contributed by atoms with Crippen molar-refractivity contribution < 1.29 is 70.8 Å². The van der Waals surface area contributed by atoms with E-state index in [1.54, 1.807) is 24.3 Å². The molecule has 0 spiro atoms. The van der Waals surface area contributed by atoms with E-state index in [0.717, 1.165) is 25.3 Å². The van der Waals surface area contributed by atoms with Gasteiger partial charge in [0.15, 0.2) is 0 Å². The fourth-order valence-corrected chi connectivity index (χ4v) is 9.24. The third-order valence-electron chi connectivity index (χ3n) is 12.1. The van der Waals surface area contributed by atoms with Gasteiger partial charge in [-0.3, -0.25) is 29.8 Å². The number of amides is 7. The number of urea groups is 1. The molecule has 1 saturated heterocycles. The lowest BCUT2D eigenvalue weighted by Crippen LogP contribution is -2.62. The standard InChI is InChI=1S/C26H24N4O7S.C25H24N2O8/c1-37-19-7-6-17-11-13-30(23(32)21(17)14-19)15-26(24(33)27-25(34)28-26)12-10-16-2-4-18(5-3-16)22(31)29-38(35,36)20-8-9-20;1-33-19-9-8-17-11-13-27(21(28)20(17)14-19)15-25(23(31)34-2,26-24(32)35-3)12-10-16-4-6-18(7-5-16)22(29)30/h2-7,14,20H,8-9,11,13,15H2,1H3,(H,29,31)(H2,27,28,33,34);4-9,14H,11,13,15H2,1-3H3,(H,26,32)(H,29,30)/t26-;25-/m11/s1. The van der Waals surface area contributed by atoms with Crippen LogP contribution in [0.1, 0.15) is 76.5 Å². The van der Waals surface area contributed by atoms with Crippen LogP contribution >= 0.6 is 0 Å². The molecule has 8 rings (SSSR count). The minimum atomic E-state index is -3.68. The van der Waals surface area contributed by atoms with E-state index >= 15 is 0 Å². The average Bonchev–Trinajstić information content (AvgIpc) is 4.22. The molecule has 378 valence electrons. The molecule has 4 aromatic carbocycles. The third kappa shape index (κ3) is 11.8. The van der Waals surface area contributed by atoms with Gasteiger partial charge < -0.3 is 39.2 Å². The summed E-state index contributed by atoms with van der Waals surface area (Å²) in [5.74, 6) is 8.08. The van der Waals surface area contributed by atoms with Crippen molar-refractivity contribution in [1.82, 2.24) is 30.5 Å². The number of ether oxygens (including phenoxy) is 4. The molecule has 3 heterocycles. The summed E-state index contributed by atoms with van der Waals surface area (Å²) < 4.78 is 46.2. The summed E-state index contributed by atoms with van der Waals surface area (Å²) in [6.45, 7) is 0.115.